The van der Waals surface area contributed by atoms with Gasteiger partial charge in [0.1, 0.15) is 23.0 Å². The minimum Gasteiger partial charge on any atom is -0.507 e. The van der Waals surface area contributed by atoms with Crippen LogP contribution in [-0.2, 0) is 0 Å². The largest absolute Gasteiger partial charge is 0.507 e. The molecular formula is C25H34N2O6. The van der Waals surface area contributed by atoms with Gasteiger partial charge in [0.05, 0.1) is 24.6 Å². The number of ether oxygens (including phenoxy) is 2. The van der Waals surface area contributed by atoms with Crippen molar-refractivity contribution in [2.24, 2.45) is 10.3 Å². The number of hydrogen-bond donors (Lipinski definition) is 4. The van der Waals surface area contributed by atoms with Crippen molar-refractivity contribution in [3.05, 3.63) is 47.5 Å². The Hall–Kier alpha value is -3.42. The van der Waals surface area contributed by atoms with E-state index in [4.69, 9.17) is 9.47 Å². The molecule has 0 radical (unpaired) electrons. The maximum atomic E-state index is 10.1. The first kappa shape index (κ1) is 25.8. The maximum Gasteiger partial charge on any atom is 0.125 e. The topological polar surface area (TPSA) is 124 Å². The molecule has 0 aliphatic heterocycles. The van der Waals surface area contributed by atoms with Gasteiger partial charge in [-0.3, -0.25) is 0 Å². The van der Waals surface area contributed by atoms with Gasteiger partial charge in [0.25, 0.3) is 0 Å². The number of aromatic hydroxyl groups is 2. The summed E-state index contributed by atoms with van der Waals surface area (Å²) in [6.07, 6.45) is 5.45. The standard InChI is InChI=1S/C25H34N2O6/c1-3-32-18-12-14-24(28)20(16-18)22(26-30)10-8-6-5-7-9-11-23(27-31)21-17-19(33-4-2)13-15-25(21)29/h12-17,28-31H,3-11H2,1-2H3/b26-22+,27-23+. The van der Waals surface area contributed by atoms with Gasteiger partial charge in [0.2, 0.25) is 0 Å². The van der Waals surface area contributed by atoms with Gasteiger partial charge >= 0.3 is 0 Å². The van der Waals surface area contributed by atoms with Crippen molar-refractivity contribution in [2.45, 2.75) is 58.8 Å². The number of benzene rings is 2. The van der Waals surface area contributed by atoms with E-state index in [1.165, 1.54) is 12.1 Å². The van der Waals surface area contributed by atoms with Gasteiger partial charge in [-0.1, -0.05) is 29.6 Å². The highest BCUT2D eigenvalue weighted by Crippen LogP contribution is 2.27. The van der Waals surface area contributed by atoms with E-state index >= 15 is 0 Å². The second kappa shape index (κ2) is 13.9. The van der Waals surface area contributed by atoms with E-state index in [0.717, 1.165) is 32.1 Å². The summed E-state index contributed by atoms with van der Waals surface area (Å²) < 4.78 is 10.9. The summed E-state index contributed by atoms with van der Waals surface area (Å²) in [4.78, 5) is 0. The predicted molar refractivity (Wildman–Crippen MR) is 128 cm³/mol. The lowest BCUT2D eigenvalue weighted by atomic mass is 10.00. The molecule has 0 aromatic heterocycles. The Bertz CT molecular complexity index is 867. The first-order valence-corrected chi connectivity index (χ1v) is 11.4. The van der Waals surface area contributed by atoms with Gasteiger partial charge in [0.15, 0.2) is 0 Å². The second-order valence-electron chi connectivity index (χ2n) is 7.59. The summed E-state index contributed by atoms with van der Waals surface area (Å²) >= 11 is 0. The molecule has 0 saturated heterocycles. The van der Waals surface area contributed by atoms with Crippen molar-refractivity contribution in [2.75, 3.05) is 13.2 Å². The number of phenolic OH excluding ortho intramolecular Hbond substituents is 2. The molecule has 0 amide bonds. The van der Waals surface area contributed by atoms with Crippen LogP contribution in [0.3, 0.4) is 0 Å². The summed E-state index contributed by atoms with van der Waals surface area (Å²) in [7, 11) is 0. The third-order valence-corrected chi connectivity index (χ3v) is 5.25. The highest BCUT2D eigenvalue weighted by Gasteiger charge is 2.13. The lowest BCUT2D eigenvalue weighted by Crippen LogP contribution is -2.04. The van der Waals surface area contributed by atoms with Crippen LogP contribution < -0.4 is 9.47 Å². The first-order chi connectivity index (χ1) is 16.0. The van der Waals surface area contributed by atoms with E-state index in [1.807, 2.05) is 13.8 Å². The lowest BCUT2D eigenvalue weighted by Gasteiger charge is -2.11. The highest BCUT2D eigenvalue weighted by molar-refractivity contribution is 6.03. The van der Waals surface area contributed by atoms with E-state index < -0.39 is 0 Å². The Labute approximate surface area is 194 Å². The molecule has 33 heavy (non-hydrogen) atoms. The zero-order valence-corrected chi connectivity index (χ0v) is 19.3. The van der Waals surface area contributed by atoms with Crippen LogP contribution in [0.2, 0.25) is 0 Å². The van der Waals surface area contributed by atoms with Crippen LogP contribution in [0.25, 0.3) is 0 Å². The van der Waals surface area contributed by atoms with Crippen LogP contribution in [0.15, 0.2) is 46.7 Å². The van der Waals surface area contributed by atoms with Crippen LogP contribution in [0.4, 0.5) is 0 Å². The smallest absolute Gasteiger partial charge is 0.125 e. The van der Waals surface area contributed by atoms with Gasteiger partial charge < -0.3 is 30.1 Å². The molecule has 0 fully saturated rings. The summed E-state index contributed by atoms with van der Waals surface area (Å²) in [5.41, 5.74) is 1.80. The summed E-state index contributed by atoms with van der Waals surface area (Å²) in [6, 6.07) is 9.78. The molecule has 0 unspecified atom stereocenters. The fourth-order valence-electron chi connectivity index (χ4n) is 3.60. The lowest BCUT2D eigenvalue weighted by molar-refractivity contribution is 0.317. The van der Waals surface area contributed by atoms with Crippen molar-refractivity contribution in [3.8, 4) is 23.0 Å². The molecular weight excluding hydrogens is 424 g/mol. The molecule has 4 N–H and O–H groups in total. The molecule has 0 heterocycles. The van der Waals surface area contributed by atoms with Gasteiger partial charge in [-0.15, -0.1) is 0 Å². The third kappa shape index (κ3) is 7.89. The molecule has 8 heteroatoms. The quantitative estimate of drug-likeness (QED) is 0.125. The minimum absolute atomic E-state index is 0.0544. The second-order valence-corrected chi connectivity index (χ2v) is 7.59. The molecule has 0 aliphatic carbocycles. The van der Waals surface area contributed by atoms with Gasteiger partial charge in [0, 0.05) is 11.1 Å². The average Bonchev–Trinajstić information content (AvgIpc) is 2.82. The van der Waals surface area contributed by atoms with E-state index in [-0.39, 0.29) is 11.5 Å². The van der Waals surface area contributed by atoms with Crippen LogP contribution >= 0.6 is 0 Å². The fourth-order valence-corrected chi connectivity index (χ4v) is 3.60. The molecule has 8 nitrogen and oxygen atoms in total. The minimum atomic E-state index is 0.0544. The monoisotopic (exact) mass is 458 g/mol. The Morgan fingerprint density at radius 2 is 1.06 bits per heavy atom. The number of hydrogen-bond acceptors (Lipinski definition) is 8. The SMILES string of the molecule is CCOc1ccc(O)c(/C(CCCCCCC/C(=N\O)c2cc(OCC)ccc2O)=N/O)c1. The van der Waals surface area contributed by atoms with Crippen LogP contribution in [0.1, 0.15) is 69.9 Å². The molecule has 2 rings (SSSR count). The van der Waals surface area contributed by atoms with Gasteiger partial charge in [-0.25, -0.2) is 0 Å². The van der Waals surface area contributed by atoms with Crippen LogP contribution in [0.5, 0.6) is 23.0 Å². The molecule has 0 bridgehead atoms. The first-order valence-electron chi connectivity index (χ1n) is 11.4. The Kier molecular flexibility index (Phi) is 10.9. The molecule has 0 saturated carbocycles. The molecule has 2 aromatic rings. The van der Waals surface area contributed by atoms with Crippen molar-refractivity contribution >= 4 is 11.4 Å². The number of nitrogens with zero attached hydrogens (tertiary/aromatic N) is 2. The summed E-state index contributed by atoms with van der Waals surface area (Å²) in [5.74, 6) is 1.34. The summed E-state index contributed by atoms with van der Waals surface area (Å²) in [5, 5.41) is 45.8. The van der Waals surface area contributed by atoms with Crippen molar-refractivity contribution in [1.29, 1.82) is 0 Å². The number of oxime groups is 2. The Balaban J connectivity index is 1.78. The number of phenols is 2. The van der Waals surface area contributed by atoms with Crippen molar-refractivity contribution in [1.82, 2.24) is 0 Å². The third-order valence-electron chi connectivity index (χ3n) is 5.25. The molecule has 180 valence electrons. The van der Waals surface area contributed by atoms with Crippen LogP contribution in [-0.4, -0.2) is 45.3 Å². The van der Waals surface area contributed by atoms with E-state index in [1.54, 1.807) is 24.3 Å². The van der Waals surface area contributed by atoms with E-state index in [2.05, 4.69) is 10.3 Å². The highest BCUT2D eigenvalue weighted by atomic mass is 16.5. The number of unbranched alkanes of at least 4 members (excludes halogenated alkanes) is 4. The Morgan fingerprint density at radius 1 is 0.667 bits per heavy atom. The van der Waals surface area contributed by atoms with Crippen molar-refractivity contribution in [3.63, 3.8) is 0 Å². The fraction of sp³-hybridized carbons (Fsp3) is 0.440. The average molecular weight is 459 g/mol. The maximum absolute atomic E-state index is 10.1. The predicted octanol–water partition coefficient (Wildman–Crippen LogP) is 5.68. The summed E-state index contributed by atoms with van der Waals surface area (Å²) in [6.45, 7) is 4.78. The van der Waals surface area contributed by atoms with Gasteiger partial charge in [-0.2, -0.15) is 0 Å². The Morgan fingerprint density at radius 3 is 1.42 bits per heavy atom. The zero-order valence-electron chi connectivity index (χ0n) is 19.3. The van der Waals surface area contributed by atoms with E-state index in [9.17, 15) is 20.6 Å². The zero-order chi connectivity index (χ0) is 24.1. The number of rotatable bonds is 14. The van der Waals surface area contributed by atoms with E-state index in [0.29, 0.717) is 60.1 Å². The van der Waals surface area contributed by atoms with Crippen LogP contribution in [0, 0.1) is 0 Å². The van der Waals surface area contributed by atoms with Gasteiger partial charge in [-0.05, 0) is 75.9 Å². The normalized spacial score (nSPS) is 12.1. The molecule has 0 aliphatic rings. The molecule has 2 aromatic carbocycles. The molecule has 0 atom stereocenters. The molecule has 0 spiro atoms. The van der Waals surface area contributed by atoms with Crippen molar-refractivity contribution < 1.29 is 30.1 Å².